The quantitative estimate of drug-likeness (QED) is 0.850. The van der Waals surface area contributed by atoms with Crippen molar-refractivity contribution in [1.29, 1.82) is 0 Å². The standard InChI is InChI=1S/C20H23NO3/c1-23-18-9-8-14(12-19(18)24-2)10-11-21-20(22)17-13-16(17)15-6-4-3-5-7-15/h3-9,12,16-17H,10-11,13H2,1-2H3,(H,21,22)/t16-,17+/m1/s1. The molecule has 0 spiro atoms. The third-order valence-electron chi connectivity index (χ3n) is 4.52. The Balaban J connectivity index is 1.48. The molecular weight excluding hydrogens is 302 g/mol. The van der Waals surface area contributed by atoms with E-state index in [9.17, 15) is 4.79 Å². The van der Waals surface area contributed by atoms with Crippen LogP contribution in [0.15, 0.2) is 48.5 Å². The number of methoxy groups -OCH3 is 2. The third kappa shape index (κ3) is 3.70. The van der Waals surface area contributed by atoms with Gasteiger partial charge in [0.15, 0.2) is 11.5 Å². The maximum absolute atomic E-state index is 12.2. The first-order chi connectivity index (χ1) is 11.7. The molecule has 0 saturated heterocycles. The SMILES string of the molecule is COc1ccc(CCNC(=O)[C@H]2C[C@@H]2c2ccccc2)cc1OC. The summed E-state index contributed by atoms with van der Waals surface area (Å²) >= 11 is 0. The summed E-state index contributed by atoms with van der Waals surface area (Å²) in [5.41, 5.74) is 2.38. The number of nitrogens with one attached hydrogen (secondary N) is 1. The van der Waals surface area contributed by atoms with Gasteiger partial charge in [-0.15, -0.1) is 0 Å². The van der Waals surface area contributed by atoms with Crippen molar-refractivity contribution in [3.63, 3.8) is 0 Å². The van der Waals surface area contributed by atoms with Gasteiger partial charge in [-0.1, -0.05) is 36.4 Å². The molecule has 0 radical (unpaired) electrons. The first kappa shape index (κ1) is 16.4. The van der Waals surface area contributed by atoms with Gasteiger partial charge in [-0.25, -0.2) is 0 Å². The lowest BCUT2D eigenvalue weighted by molar-refractivity contribution is -0.122. The number of rotatable bonds is 7. The van der Waals surface area contributed by atoms with Crippen LogP contribution in [0, 0.1) is 5.92 Å². The van der Waals surface area contributed by atoms with Crippen molar-refractivity contribution >= 4 is 5.91 Å². The van der Waals surface area contributed by atoms with E-state index in [2.05, 4.69) is 17.4 Å². The minimum Gasteiger partial charge on any atom is -0.493 e. The van der Waals surface area contributed by atoms with Crippen LogP contribution in [-0.4, -0.2) is 26.7 Å². The minimum atomic E-state index is 0.123. The number of amides is 1. The molecule has 1 N–H and O–H groups in total. The topological polar surface area (TPSA) is 47.6 Å². The second-order valence-electron chi connectivity index (χ2n) is 6.09. The number of ether oxygens (including phenoxy) is 2. The van der Waals surface area contributed by atoms with Crippen LogP contribution >= 0.6 is 0 Å². The second-order valence-corrected chi connectivity index (χ2v) is 6.09. The van der Waals surface area contributed by atoms with Crippen LogP contribution < -0.4 is 14.8 Å². The van der Waals surface area contributed by atoms with E-state index in [1.54, 1.807) is 14.2 Å². The first-order valence-electron chi connectivity index (χ1n) is 8.26. The van der Waals surface area contributed by atoms with E-state index in [0.29, 0.717) is 24.0 Å². The van der Waals surface area contributed by atoms with Crippen molar-refractivity contribution in [3.8, 4) is 11.5 Å². The Labute approximate surface area is 142 Å². The van der Waals surface area contributed by atoms with E-state index < -0.39 is 0 Å². The highest BCUT2D eigenvalue weighted by Gasteiger charge is 2.43. The zero-order chi connectivity index (χ0) is 16.9. The molecule has 3 rings (SSSR count). The van der Waals surface area contributed by atoms with Gasteiger partial charge in [-0.2, -0.15) is 0 Å². The summed E-state index contributed by atoms with van der Waals surface area (Å²) < 4.78 is 10.5. The van der Waals surface area contributed by atoms with E-state index >= 15 is 0 Å². The fourth-order valence-corrected chi connectivity index (χ4v) is 3.05. The molecule has 2 atom stereocenters. The maximum atomic E-state index is 12.2. The van der Waals surface area contributed by atoms with Gasteiger partial charge in [0.1, 0.15) is 0 Å². The Morgan fingerprint density at radius 1 is 1.08 bits per heavy atom. The number of carbonyl (C=O) groups is 1. The number of benzene rings is 2. The van der Waals surface area contributed by atoms with Gasteiger partial charge >= 0.3 is 0 Å². The van der Waals surface area contributed by atoms with Gasteiger partial charge in [-0.05, 0) is 42.0 Å². The highest BCUT2D eigenvalue weighted by molar-refractivity contribution is 5.82. The van der Waals surface area contributed by atoms with Gasteiger partial charge in [0.25, 0.3) is 0 Å². The van der Waals surface area contributed by atoms with Crippen LogP contribution in [0.25, 0.3) is 0 Å². The molecule has 4 heteroatoms. The molecular formula is C20H23NO3. The van der Waals surface area contributed by atoms with Crippen molar-refractivity contribution in [3.05, 3.63) is 59.7 Å². The average Bonchev–Trinajstić information content (AvgIpc) is 3.43. The molecule has 1 saturated carbocycles. The van der Waals surface area contributed by atoms with Crippen LogP contribution in [0.5, 0.6) is 11.5 Å². The first-order valence-corrected chi connectivity index (χ1v) is 8.26. The molecule has 0 unspecified atom stereocenters. The van der Waals surface area contributed by atoms with E-state index in [4.69, 9.17) is 9.47 Å². The summed E-state index contributed by atoms with van der Waals surface area (Å²) in [5.74, 6) is 2.09. The van der Waals surface area contributed by atoms with E-state index in [1.165, 1.54) is 5.56 Å². The molecule has 1 fully saturated rings. The molecule has 4 nitrogen and oxygen atoms in total. The van der Waals surface area contributed by atoms with Gasteiger partial charge < -0.3 is 14.8 Å². The molecule has 2 aromatic carbocycles. The average molecular weight is 325 g/mol. The zero-order valence-corrected chi connectivity index (χ0v) is 14.1. The number of hydrogen-bond acceptors (Lipinski definition) is 3. The Morgan fingerprint density at radius 2 is 1.83 bits per heavy atom. The molecule has 2 aromatic rings. The normalized spacial score (nSPS) is 18.8. The van der Waals surface area contributed by atoms with Crippen molar-refractivity contribution in [1.82, 2.24) is 5.32 Å². The molecule has 1 aliphatic rings. The summed E-state index contributed by atoms with van der Waals surface area (Å²) in [6, 6.07) is 16.1. The highest BCUT2D eigenvalue weighted by Crippen LogP contribution is 2.47. The Kier molecular flexibility index (Phi) is 5.04. The van der Waals surface area contributed by atoms with Crippen LogP contribution in [0.4, 0.5) is 0 Å². The smallest absolute Gasteiger partial charge is 0.223 e. The second kappa shape index (κ2) is 7.39. The van der Waals surface area contributed by atoms with Crippen LogP contribution in [0.1, 0.15) is 23.5 Å². The predicted molar refractivity (Wildman–Crippen MR) is 93.5 cm³/mol. The summed E-state index contributed by atoms with van der Waals surface area (Å²) in [6.07, 6.45) is 1.72. The summed E-state index contributed by atoms with van der Waals surface area (Å²) in [4.78, 5) is 12.2. The maximum Gasteiger partial charge on any atom is 0.223 e. The van der Waals surface area contributed by atoms with Crippen molar-refractivity contribution in [2.24, 2.45) is 5.92 Å². The lowest BCUT2D eigenvalue weighted by Crippen LogP contribution is -2.27. The lowest BCUT2D eigenvalue weighted by Gasteiger charge is -2.10. The molecule has 24 heavy (non-hydrogen) atoms. The monoisotopic (exact) mass is 325 g/mol. The molecule has 0 heterocycles. The molecule has 126 valence electrons. The van der Waals surface area contributed by atoms with E-state index in [0.717, 1.165) is 18.4 Å². The van der Waals surface area contributed by atoms with Crippen molar-refractivity contribution < 1.29 is 14.3 Å². The Morgan fingerprint density at radius 3 is 2.54 bits per heavy atom. The zero-order valence-electron chi connectivity index (χ0n) is 14.1. The highest BCUT2D eigenvalue weighted by atomic mass is 16.5. The number of carbonyl (C=O) groups excluding carboxylic acids is 1. The largest absolute Gasteiger partial charge is 0.493 e. The van der Waals surface area contributed by atoms with Crippen LogP contribution in [-0.2, 0) is 11.2 Å². The van der Waals surface area contributed by atoms with Crippen molar-refractivity contribution in [2.45, 2.75) is 18.8 Å². The fraction of sp³-hybridized carbons (Fsp3) is 0.350. The van der Waals surface area contributed by atoms with Crippen LogP contribution in [0.3, 0.4) is 0 Å². The van der Waals surface area contributed by atoms with Gasteiger partial charge in [0.2, 0.25) is 5.91 Å². The molecule has 1 aliphatic carbocycles. The molecule has 0 aliphatic heterocycles. The van der Waals surface area contributed by atoms with Crippen LogP contribution in [0.2, 0.25) is 0 Å². The van der Waals surface area contributed by atoms with Gasteiger partial charge in [0, 0.05) is 12.5 Å². The minimum absolute atomic E-state index is 0.123. The fourth-order valence-electron chi connectivity index (χ4n) is 3.05. The molecule has 0 bridgehead atoms. The molecule has 0 aromatic heterocycles. The summed E-state index contributed by atoms with van der Waals surface area (Å²) in [7, 11) is 3.25. The molecule has 1 amide bonds. The summed E-state index contributed by atoms with van der Waals surface area (Å²) in [6.45, 7) is 0.631. The van der Waals surface area contributed by atoms with Gasteiger partial charge in [0.05, 0.1) is 14.2 Å². The number of hydrogen-bond donors (Lipinski definition) is 1. The van der Waals surface area contributed by atoms with E-state index in [1.807, 2.05) is 36.4 Å². The van der Waals surface area contributed by atoms with Crippen molar-refractivity contribution in [2.75, 3.05) is 20.8 Å². The predicted octanol–water partition coefficient (Wildman–Crippen LogP) is 3.17. The lowest BCUT2D eigenvalue weighted by atomic mass is 10.1. The Bertz CT molecular complexity index is 699. The summed E-state index contributed by atoms with van der Waals surface area (Å²) in [5, 5.41) is 3.05. The third-order valence-corrected chi connectivity index (χ3v) is 4.52. The van der Waals surface area contributed by atoms with E-state index in [-0.39, 0.29) is 11.8 Å². The van der Waals surface area contributed by atoms with Gasteiger partial charge in [-0.3, -0.25) is 4.79 Å². The Hall–Kier alpha value is -2.49.